The van der Waals surface area contributed by atoms with E-state index in [0.717, 1.165) is 11.4 Å². The third-order valence-corrected chi connectivity index (χ3v) is 3.69. The Morgan fingerprint density at radius 2 is 1.88 bits per heavy atom. The van der Waals surface area contributed by atoms with Gasteiger partial charge in [0, 0.05) is 11.4 Å². The van der Waals surface area contributed by atoms with Gasteiger partial charge in [0.05, 0.1) is 13.0 Å². The summed E-state index contributed by atoms with van der Waals surface area (Å²) in [4.78, 5) is 28.6. The first-order chi connectivity index (χ1) is 12.6. The largest absolute Gasteiger partial charge is 0.494 e. The molecule has 26 heavy (non-hydrogen) atoms. The lowest BCUT2D eigenvalue weighted by Gasteiger charge is -2.21. The molecule has 134 valence electrons. The predicted octanol–water partition coefficient (Wildman–Crippen LogP) is 2.38. The molecule has 0 spiro atoms. The van der Waals surface area contributed by atoms with Crippen molar-refractivity contribution >= 4 is 29.1 Å². The molecule has 0 saturated heterocycles. The summed E-state index contributed by atoms with van der Waals surface area (Å²) in [5.74, 6) is 0.421. The predicted molar refractivity (Wildman–Crippen MR) is 100 cm³/mol. The standard InChI is InChI=1S/C19H20N4O3/c1-2-26-15-10-8-14(9-11-15)21-19-22-16(12-17(24)23-19)18(25)20-13-6-4-3-5-7-13/h3-11,16H,2,12H2,1H3,(H,20,25)(H2,21,22,23,24)/t16-/m0/s1. The molecule has 1 heterocycles. The average molecular weight is 352 g/mol. The zero-order valence-electron chi connectivity index (χ0n) is 14.4. The third-order valence-electron chi connectivity index (χ3n) is 3.69. The van der Waals surface area contributed by atoms with Crippen LogP contribution in [-0.4, -0.2) is 30.4 Å². The van der Waals surface area contributed by atoms with Gasteiger partial charge >= 0.3 is 0 Å². The molecule has 0 aromatic heterocycles. The minimum atomic E-state index is -0.783. The van der Waals surface area contributed by atoms with Gasteiger partial charge in [0.2, 0.25) is 17.8 Å². The van der Waals surface area contributed by atoms with Crippen LogP contribution in [-0.2, 0) is 9.59 Å². The fraction of sp³-hybridized carbons (Fsp3) is 0.211. The maximum atomic E-state index is 12.4. The molecule has 1 aliphatic rings. The van der Waals surface area contributed by atoms with Gasteiger partial charge in [-0.25, -0.2) is 4.99 Å². The Bertz CT molecular complexity index is 803. The van der Waals surface area contributed by atoms with E-state index in [1.807, 2.05) is 49.4 Å². The van der Waals surface area contributed by atoms with E-state index in [1.54, 1.807) is 12.1 Å². The summed E-state index contributed by atoms with van der Waals surface area (Å²) in [6.45, 7) is 2.51. The summed E-state index contributed by atoms with van der Waals surface area (Å²) in [5, 5.41) is 8.42. The fourth-order valence-electron chi connectivity index (χ4n) is 2.49. The van der Waals surface area contributed by atoms with Crippen LogP contribution in [0.5, 0.6) is 5.75 Å². The van der Waals surface area contributed by atoms with Gasteiger partial charge in [-0.05, 0) is 43.3 Å². The van der Waals surface area contributed by atoms with Crippen LogP contribution < -0.4 is 20.7 Å². The van der Waals surface area contributed by atoms with Crippen LogP contribution >= 0.6 is 0 Å². The first-order valence-electron chi connectivity index (χ1n) is 8.37. The number of rotatable bonds is 5. The Morgan fingerprint density at radius 3 is 2.58 bits per heavy atom. The number of hydrogen-bond acceptors (Lipinski definition) is 5. The minimum Gasteiger partial charge on any atom is -0.494 e. The molecular weight excluding hydrogens is 332 g/mol. The van der Waals surface area contributed by atoms with Crippen molar-refractivity contribution in [3.63, 3.8) is 0 Å². The average Bonchev–Trinajstić information content (AvgIpc) is 2.64. The summed E-state index contributed by atoms with van der Waals surface area (Å²) < 4.78 is 5.39. The molecule has 3 rings (SSSR count). The highest BCUT2D eigenvalue weighted by Gasteiger charge is 2.27. The Kier molecular flexibility index (Phi) is 5.48. The Hall–Kier alpha value is -3.35. The van der Waals surface area contributed by atoms with Gasteiger partial charge in [-0.1, -0.05) is 18.2 Å². The quantitative estimate of drug-likeness (QED) is 0.770. The molecule has 1 atom stereocenters. The summed E-state index contributed by atoms with van der Waals surface area (Å²) in [6, 6.07) is 15.5. The molecule has 1 aliphatic heterocycles. The Labute approximate surface area is 151 Å². The van der Waals surface area contributed by atoms with Gasteiger partial charge in [-0.15, -0.1) is 0 Å². The molecule has 2 amide bonds. The van der Waals surface area contributed by atoms with E-state index >= 15 is 0 Å². The number of guanidine groups is 1. The second kappa shape index (κ2) is 8.15. The van der Waals surface area contributed by atoms with Crippen molar-refractivity contribution < 1.29 is 14.3 Å². The maximum absolute atomic E-state index is 12.4. The molecule has 7 nitrogen and oxygen atoms in total. The number of nitrogens with zero attached hydrogens (tertiary/aromatic N) is 1. The van der Waals surface area contributed by atoms with E-state index in [1.165, 1.54) is 0 Å². The number of benzene rings is 2. The van der Waals surface area contributed by atoms with Crippen LogP contribution in [0.4, 0.5) is 11.4 Å². The molecular formula is C19H20N4O3. The number of anilines is 2. The molecule has 2 aromatic rings. The van der Waals surface area contributed by atoms with Crippen LogP contribution in [0.2, 0.25) is 0 Å². The number of carbonyl (C=O) groups excluding carboxylic acids is 2. The van der Waals surface area contributed by atoms with Crippen LogP contribution in [0, 0.1) is 0 Å². The van der Waals surface area contributed by atoms with Crippen molar-refractivity contribution in [2.24, 2.45) is 4.99 Å². The summed E-state index contributed by atoms with van der Waals surface area (Å²) in [5.41, 5.74) is 1.40. The number of amides is 2. The van der Waals surface area contributed by atoms with Gasteiger partial charge in [-0.3, -0.25) is 14.9 Å². The van der Waals surface area contributed by atoms with Crippen molar-refractivity contribution in [3.8, 4) is 5.75 Å². The van der Waals surface area contributed by atoms with Gasteiger partial charge in [0.15, 0.2) is 0 Å². The van der Waals surface area contributed by atoms with E-state index in [4.69, 9.17) is 4.74 Å². The first kappa shape index (κ1) is 17.5. The van der Waals surface area contributed by atoms with Gasteiger partial charge < -0.3 is 15.4 Å². The molecule has 0 unspecified atom stereocenters. The molecule has 0 aliphatic carbocycles. The van der Waals surface area contributed by atoms with Gasteiger partial charge in [0.1, 0.15) is 11.8 Å². The van der Waals surface area contributed by atoms with Gasteiger partial charge in [-0.2, -0.15) is 0 Å². The second-order valence-electron chi connectivity index (χ2n) is 5.68. The highest BCUT2D eigenvalue weighted by Crippen LogP contribution is 2.16. The molecule has 0 saturated carbocycles. The number of para-hydroxylation sites is 1. The third kappa shape index (κ3) is 4.60. The van der Waals surface area contributed by atoms with Crippen LogP contribution in [0.25, 0.3) is 0 Å². The zero-order valence-corrected chi connectivity index (χ0v) is 14.4. The SMILES string of the molecule is CCOc1ccc(NC2=N[C@H](C(=O)Nc3ccccc3)CC(=O)N2)cc1. The van der Waals surface area contributed by atoms with Gasteiger partial charge in [0.25, 0.3) is 0 Å². The number of ether oxygens (including phenoxy) is 1. The molecule has 3 N–H and O–H groups in total. The normalized spacial score (nSPS) is 16.3. The highest BCUT2D eigenvalue weighted by atomic mass is 16.5. The smallest absolute Gasteiger partial charge is 0.249 e. The lowest BCUT2D eigenvalue weighted by Crippen LogP contribution is -2.45. The number of aliphatic imine (C=N–C) groups is 1. The lowest BCUT2D eigenvalue weighted by atomic mass is 10.1. The zero-order chi connectivity index (χ0) is 18.4. The van der Waals surface area contributed by atoms with E-state index in [-0.39, 0.29) is 24.2 Å². The topological polar surface area (TPSA) is 91.8 Å². The van der Waals surface area contributed by atoms with Crippen molar-refractivity contribution in [1.82, 2.24) is 5.32 Å². The lowest BCUT2D eigenvalue weighted by molar-refractivity contribution is -0.124. The summed E-state index contributed by atoms with van der Waals surface area (Å²) in [7, 11) is 0. The second-order valence-corrected chi connectivity index (χ2v) is 5.68. The number of nitrogens with one attached hydrogen (secondary N) is 3. The van der Waals surface area contributed by atoms with Crippen LogP contribution in [0.1, 0.15) is 13.3 Å². The van der Waals surface area contributed by atoms with E-state index in [2.05, 4.69) is 20.9 Å². The minimum absolute atomic E-state index is 0.00707. The molecule has 0 fully saturated rings. The van der Waals surface area contributed by atoms with Crippen molar-refractivity contribution in [2.45, 2.75) is 19.4 Å². The Morgan fingerprint density at radius 1 is 1.15 bits per heavy atom. The monoisotopic (exact) mass is 352 g/mol. The first-order valence-corrected chi connectivity index (χ1v) is 8.37. The summed E-state index contributed by atoms with van der Waals surface area (Å²) >= 11 is 0. The summed E-state index contributed by atoms with van der Waals surface area (Å²) in [6.07, 6.45) is 0.00707. The van der Waals surface area contributed by atoms with Crippen molar-refractivity contribution in [1.29, 1.82) is 0 Å². The molecule has 7 heteroatoms. The molecule has 2 aromatic carbocycles. The fourth-order valence-corrected chi connectivity index (χ4v) is 2.49. The van der Waals surface area contributed by atoms with E-state index < -0.39 is 6.04 Å². The Balaban J connectivity index is 1.68. The van der Waals surface area contributed by atoms with E-state index in [0.29, 0.717) is 12.3 Å². The van der Waals surface area contributed by atoms with E-state index in [9.17, 15) is 9.59 Å². The van der Waals surface area contributed by atoms with Crippen molar-refractivity contribution in [2.75, 3.05) is 17.2 Å². The van der Waals surface area contributed by atoms with Crippen molar-refractivity contribution in [3.05, 3.63) is 54.6 Å². The number of hydrogen-bond donors (Lipinski definition) is 3. The van der Waals surface area contributed by atoms with Crippen LogP contribution in [0.3, 0.4) is 0 Å². The highest BCUT2D eigenvalue weighted by molar-refractivity contribution is 6.10. The number of carbonyl (C=O) groups is 2. The van der Waals surface area contributed by atoms with Crippen LogP contribution in [0.15, 0.2) is 59.6 Å². The molecule has 0 bridgehead atoms. The maximum Gasteiger partial charge on any atom is 0.249 e. The molecule has 0 radical (unpaired) electrons.